The molecule has 0 amide bonds. The zero-order valence-electron chi connectivity index (χ0n) is 9.79. The molecule has 0 radical (unpaired) electrons. The first-order chi connectivity index (χ1) is 9.29. The Balaban J connectivity index is 2.28. The Labute approximate surface area is 114 Å². The number of hydrogen-bond acceptors (Lipinski definition) is 4. The molecule has 3 rings (SSSR count). The quantitative estimate of drug-likeness (QED) is 0.717. The summed E-state index contributed by atoms with van der Waals surface area (Å²) in [5.41, 5.74) is 1.72. The van der Waals surface area contributed by atoms with Crippen LogP contribution in [0.15, 0.2) is 36.4 Å². The van der Waals surface area contributed by atoms with Crippen molar-refractivity contribution in [3.63, 3.8) is 0 Å². The normalized spacial score (nSPS) is 10.5. The van der Waals surface area contributed by atoms with Gasteiger partial charge in [0.2, 0.25) is 0 Å². The van der Waals surface area contributed by atoms with Crippen molar-refractivity contribution in [3.8, 4) is 11.9 Å². The van der Waals surface area contributed by atoms with Gasteiger partial charge in [-0.3, -0.25) is 4.57 Å². The van der Waals surface area contributed by atoms with E-state index in [9.17, 15) is 0 Å². The van der Waals surface area contributed by atoms with Crippen molar-refractivity contribution in [1.82, 2.24) is 19.7 Å². The molecular formula is C13H8ClN5. The highest BCUT2D eigenvalue weighted by molar-refractivity contribution is 6.29. The third-order valence-electron chi connectivity index (χ3n) is 2.71. The van der Waals surface area contributed by atoms with Crippen molar-refractivity contribution >= 4 is 22.6 Å². The van der Waals surface area contributed by atoms with Gasteiger partial charge in [-0.2, -0.15) is 5.26 Å². The predicted octanol–water partition coefficient (Wildman–Crippen LogP) is 2.53. The van der Waals surface area contributed by atoms with E-state index in [2.05, 4.69) is 21.3 Å². The van der Waals surface area contributed by atoms with E-state index in [1.165, 1.54) is 0 Å². The fourth-order valence-electron chi connectivity index (χ4n) is 1.95. The van der Waals surface area contributed by atoms with Crippen LogP contribution >= 0.6 is 11.6 Å². The van der Waals surface area contributed by atoms with E-state index in [1.807, 2.05) is 28.8 Å². The second-order valence-electron chi connectivity index (χ2n) is 3.90. The number of imidazole rings is 1. The molecule has 0 unspecified atom stereocenters. The SMILES string of the molecule is N#CCc1nc2ccccc2n1-c1ccc(Cl)nn1. The van der Waals surface area contributed by atoms with Crippen LogP contribution in [-0.2, 0) is 6.42 Å². The van der Waals surface area contributed by atoms with Crippen LogP contribution in [0.1, 0.15) is 5.82 Å². The average molecular weight is 270 g/mol. The Morgan fingerprint density at radius 3 is 2.74 bits per heavy atom. The summed E-state index contributed by atoms with van der Waals surface area (Å²) < 4.78 is 1.82. The second-order valence-corrected chi connectivity index (χ2v) is 4.29. The maximum Gasteiger partial charge on any atom is 0.161 e. The number of rotatable bonds is 2. The Morgan fingerprint density at radius 1 is 1.16 bits per heavy atom. The first-order valence-corrected chi connectivity index (χ1v) is 6.00. The molecule has 0 spiro atoms. The van der Waals surface area contributed by atoms with Gasteiger partial charge in [-0.05, 0) is 24.3 Å². The van der Waals surface area contributed by atoms with Gasteiger partial charge in [-0.25, -0.2) is 4.98 Å². The van der Waals surface area contributed by atoms with Gasteiger partial charge in [0.25, 0.3) is 0 Å². The molecule has 0 saturated carbocycles. The van der Waals surface area contributed by atoms with Crippen LogP contribution < -0.4 is 0 Å². The van der Waals surface area contributed by atoms with Crippen molar-refractivity contribution in [2.45, 2.75) is 6.42 Å². The van der Waals surface area contributed by atoms with Crippen LogP contribution in [0.2, 0.25) is 5.15 Å². The molecule has 0 atom stereocenters. The summed E-state index contributed by atoms with van der Waals surface area (Å²) in [6.45, 7) is 0. The van der Waals surface area contributed by atoms with Crippen LogP contribution in [0.5, 0.6) is 0 Å². The van der Waals surface area contributed by atoms with Gasteiger partial charge in [0.05, 0.1) is 23.5 Å². The number of nitriles is 1. The Hall–Kier alpha value is -2.45. The minimum atomic E-state index is 0.207. The molecule has 0 bridgehead atoms. The van der Waals surface area contributed by atoms with E-state index in [1.54, 1.807) is 12.1 Å². The minimum absolute atomic E-state index is 0.207. The molecule has 92 valence electrons. The fraction of sp³-hybridized carbons (Fsp3) is 0.0769. The van der Waals surface area contributed by atoms with E-state index in [4.69, 9.17) is 16.9 Å². The molecule has 1 aromatic carbocycles. The minimum Gasteiger partial charge on any atom is -0.278 e. The molecule has 0 aliphatic carbocycles. The lowest BCUT2D eigenvalue weighted by atomic mass is 10.3. The molecule has 2 aromatic heterocycles. The molecule has 0 aliphatic rings. The zero-order valence-corrected chi connectivity index (χ0v) is 10.5. The van der Waals surface area contributed by atoms with Crippen molar-refractivity contribution < 1.29 is 0 Å². The highest BCUT2D eigenvalue weighted by Gasteiger charge is 2.12. The first-order valence-electron chi connectivity index (χ1n) is 5.62. The predicted molar refractivity (Wildman–Crippen MR) is 71.0 cm³/mol. The zero-order chi connectivity index (χ0) is 13.2. The van der Waals surface area contributed by atoms with Crippen LogP contribution in [0, 0.1) is 11.3 Å². The highest BCUT2D eigenvalue weighted by atomic mass is 35.5. The summed E-state index contributed by atoms with van der Waals surface area (Å²) in [5, 5.41) is 17.1. The Kier molecular flexibility index (Phi) is 2.86. The summed E-state index contributed by atoms with van der Waals surface area (Å²) in [7, 11) is 0. The number of fused-ring (bicyclic) bond motifs is 1. The van der Waals surface area contributed by atoms with E-state index in [-0.39, 0.29) is 6.42 Å². The highest BCUT2D eigenvalue weighted by Crippen LogP contribution is 2.20. The molecule has 6 heteroatoms. The second kappa shape index (κ2) is 4.67. The monoisotopic (exact) mass is 269 g/mol. The largest absolute Gasteiger partial charge is 0.278 e. The van der Waals surface area contributed by atoms with Crippen molar-refractivity contribution in [2.75, 3.05) is 0 Å². The Morgan fingerprint density at radius 2 is 2.00 bits per heavy atom. The fourth-order valence-corrected chi connectivity index (χ4v) is 2.05. The van der Waals surface area contributed by atoms with Gasteiger partial charge in [-0.15, -0.1) is 10.2 Å². The Bertz CT molecular complexity index is 770. The van der Waals surface area contributed by atoms with E-state index in [0.29, 0.717) is 16.8 Å². The molecule has 0 saturated heterocycles. The summed E-state index contributed by atoms with van der Waals surface area (Å²) in [6.07, 6.45) is 0.207. The van der Waals surface area contributed by atoms with E-state index >= 15 is 0 Å². The number of para-hydroxylation sites is 2. The lowest BCUT2D eigenvalue weighted by Gasteiger charge is -2.05. The summed E-state index contributed by atoms with van der Waals surface area (Å²) >= 11 is 5.74. The molecule has 3 aromatic rings. The van der Waals surface area contributed by atoms with Gasteiger partial charge in [0.15, 0.2) is 11.0 Å². The maximum absolute atomic E-state index is 8.90. The van der Waals surface area contributed by atoms with Gasteiger partial charge in [0.1, 0.15) is 5.82 Å². The van der Waals surface area contributed by atoms with Crippen LogP contribution in [0.4, 0.5) is 0 Å². The smallest absolute Gasteiger partial charge is 0.161 e. The topological polar surface area (TPSA) is 67.4 Å². The standard InChI is InChI=1S/C13H8ClN5/c14-11-5-6-13(18-17-11)19-10-4-2-1-3-9(10)16-12(19)7-8-15/h1-6H,7H2. The number of aromatic nitrogens is 4. The van der Waals surface area contributed by atoms with Crippen LogP contribution in [0.25, 0.3) is 16.9 Å². The number of hydrogen-bond donors (Lipinski definition) is 0. The molecule has 0 N–H and O–H groups in total. The van der Waals surface area contributed by atoms with Crippen LogP contribution in [-0.4, -0.2) is 19.7 Å². The number of benzene rings is 1. The average Bonchev–Trinajstić information content (AvgIpc) is 2.78. The summed E-state index contributed by atoms with van der Waals surface area (Å²) in [4.78, 5) is 4.44. The molecule has 0 fully saturated rings. The molecule has 0 aliphatic heterocycles. The van der Waals surface area contributed by atoms with Crippen molar-refractivity contribution in [3.05, 3.63) is 47.4 Å². The number of nitrogens with zero attached hydrogens (tertiary/aromatic N) is 5. The molecule has 19 heavy (non-hydrogen) atoms. The number of halogens is 1. The van der Waals surface area contributed by atoms with Gasteiger partial charge in [0, 0.05) is 0 Å². The van der Waals surface area contributed by atoms with Crippen molar-refractivity contribution in [1.29, 1.82) is 5.26 Å². The molecule has 5 nitrogen and oxygen atoms in total. The maximum atomic E-state index is 8.90. The van der Waals surface area contributed by atoms with Gasteiger partial charge < -0.3 is 0 Å². The lowest BCUT2D eigenvalue weighted by molar-refractivity contribution is 0.878. The van der Waals surface area contributed by atoms with Crippen molar-refractivity contribution in [2.24, 2.45) is 0 Å². The molecule has 2 heterocycles. The third-order valence-corrected chi connectivity index (χ3v) is 2.92. The van der Waals surface area contributed by atoms with Gasteiger partial charge in [-0.1, -0.05) is 23.7 Å². The summed E-state index contributed by atoms with van der Waals surface area (Å²) in [5.74, 6) is 1.24. The lowest BCUT2D eigenvalue weighted by Crippen LogP contribution is -2.03. The van der Waals surface area contributed by atoms with E-state index in [0.717, 1.165) is 11.0 Å². The van der Waals surface area contributed by atoms with Crippen LogP contribution in [0.3, 0.4) is 0 Å². The summed E-state index contributed by atoms with van der Waals surface area (Å²) in [6, 6.07) is 13.2. The van der Waals surface area contributed by atoms with E-state index < -0.39 is 0 Å². The third kappa shape index (κ3) is 2.02. The first kappa shape index (κ1) is 11.6. The van der Waals surface area contributed by atoms with Gasteiger partial charge >= 0.3 is 0 Å². The molecular weight excluding hydrogens is 262 g/mol.